The molecule has 1 unspecified atom stereocenters. The molecule has 1 rings (SSSR count). The number of hydrogen-bond acceptors (Lipinski definition) is 5. The van der Waals surface area contributed by atoms with Crippen LogP contribution in [0, 0.1) is 0 Å². The number of carbonyl (C=O) groups is 1. The minimum absolute atomic E-state index is 0.341. The zero-order valence-corrected chi connectivity index (χ0v) is 7.47. The van der Waals surface area contributed by atoms with E-state index in [0.29, 0.717) is 12.4 Å². The molecule has 1 heterocycles. The second kappa shape index (κ2) is 3.99. The van der Waals surface area contributed by atoms with Crippen molar-refractivity contribution >= 4 is 5.97 Å². The van der Waals surface area contributed by atoms with Gasteiger partial charge in [0.05, 0.1) is 6.54 Å². The lowest BCUT2D eigenvalue weighted by molar-refractivity contribution is -0.142. The zero-order valence-electron chi connectivity index (χ0n) is 7.47. The van der Waals surface area contributed by atoms with Crippen LogP contribution in [0.4, 0.5) is 0 Å². The van der Waals surface area contributed by atoms with E-state index in [1.165, 1.54) is 6.33 Å². The summed E-state index contributed by atoms with van der Waals surface area (Å²) < 4.78 is 4.74. The molecule has 0 aromatic carbocycles. The topological polar surface area (TPSA) is 79.5 Å². The molecule has 0 saturated carbocycles. The van der Waals surface area contributed by atoms with Gasteiger partial charge in [0.15, 0.2) is 6.33 Å². The number of likely N-dealkylation sites (N-methyl/N-ethyl adjacent to an activating group) is 1. The van der Waals surface area contributed by atoms with Crippen molar-refractivity contribution in [1.82, 2.24) is 15.0 Å². The van der Waals surface area contributed by atoms with Gasteiger partial charge in [0.2, 0.25) is 5.89 Å². The first kappa shape index (κ1) is 9.66. The Labute approximate surface area is 75.2 Å². The summed E-state index contributed by atoms with van der Waals surface area (Å²) in [5.74, 6) is -0.461. The van der Waals surface area contributed by atoms with E-state index in [2.05, 4.69) is 10.1 Å². The second-order valence-corrected chi connectivity index (χ2v) is 2.76. The summed E-state index contributed by atoms with van der Waals surface area (Å²) in [5, 5.41) is 12.1. The molecule has 1 atom stereocenters. The van der Waals surface area contributed by atoms with E-state index >= 15 is 0 Å². The Morgan fingerprint density at radius 2 is 2.54 bits per heavy atom. The fourth-order valence-corrected chi connectivity index (χ4v) is 0.804. The molecular weight excluding hydrogens is 174 g/mol. The van der Waals surface area contributed by atoms with Crippen LogP contribution in [0.3, 0.4) is 0 Å². The summed E-state index contributed by atoms with van der Waals surface area (Å²) in [6, 6.07) is -0.563. The molecule has 13 heavy (non-hydrogen) atoms. The summed E-state index contributed by atoms with van der Waals surface area (Å²) in [5.41, 5.74) is 0. The molecule has 0 saturated heterocycles. The van der Waals surface area contributed by atoms with E-state index in [9.17, 15) is 4.79 Å². The summed E-state index contributed by atoms with van der Waals surface area (Å²) in [4.78, 5) is 16.0. The average Bonchev–Trinajstić information content (AvgIpc) is 2.55. The Morgan fingerprint density at radius 3 is 3.00 bits per heavy atom. The van der Waals surface area contributed by atoms with Gasteiger partial charge < -0.3 is 9.63 Å². The molecule has 0 spiro atoms. The summed E-state index contributed by atoms with van der Waals surface area (Å²) in [6.07, 6.45) is 1.29. The highest BCUT2D eigenvalue weighted by atomic mass is 16.5. The summed E-state index contributed by atoms with van der Waals surface area (Å²) >= 11 is 0. The normalized spacial score (nSPS) is 13.2. The van der Waals surface area contributed by atoms with Crippen molar-refractivity contribution in [2.45, 2.75) is 19.5 Å². The van der Waals surface area contributed by atoms with Crippen molar-refractivity contribution < 1.29 is 14.4 Å². The number of hydrogen-bond donors (Lipinski definition) is 1. The van der Waals surface area contributed by atoms with E-state index in [1.54, 1.807) is 18.9 Å². The number of aliphatic carboxylic acids is 1. The van der Waals surface area contributed by atoms with E-state index in [0.717, 1.165) is 0 Å². The van der Waals surface area contributed by atoms with Crippen molar-refractivity contribution in [2.75, 3.05) is 7.05 Å². The summed E-state index contributed by atoms with van der Waals surface area (Å²) in [7, 11) is 1.68. The molecule has 0 aliphatic heterocycles. The van der Waals surface area contributed by atoms with Gasteiger partial charge in [0.1, 0.15) is 6.04 Å². The minimum atomic E-state index is -0.873. The third-order valence-electron chi connectivity index (χ3n) is 1.81. The van der Waals surface area contributed by atoms with Crippen molar-refractivity contribution in [2.24, 2.45) is 0 Å². The highest BCUT2D eigenvalue weighted by Gasteiger charge is 2.18. The molecule has 0 radical (unpaired) electrons. The fraction of sp³-hybridized carbons (Fsp3) is 0.571. The maximum absolute atomic E-state index is 10.6. The SMILES string of the molecule is CC(C(=O)O)N(C)Cc1ncno1. The van der Waals surface area contributed by atoms with Crippen LogP contribution in [-0.4, -0.2) is 39.2 Å². The number of rotatable bonds is 4. The van der Waals surface area contributed by atoms with Gasteiger partial charge in [-0.25, -0.2) is 0 Å². The quantitative estimate of drug-likeness (QED) is 0.709. The Kier molecular flexibility index (Phi) is 2.97. The van der Waals surface area contributed by atoms with Gasteiger partial charge >= 0.3 is 5.97 Å². The standard InChI is InChI=1S/C7H11N3O3/c1-5(7(11)12)10(2)3-6-8-4-9-13-6/h4-5H,3H2,1-2H3,(H,11,12). The largest absolute Gasteiger partial charge is 0.480 e. The highest BCUT2D eigenvalue weighted by molar-refractivity contribution is 5.72. The molecule has 0 bridgehead atoms. The molecule has 0 aliphatic carbocycles. The molecule has 0 fully saturated rings. The monoisotopic (exact) mass is 185 g/mol. The molecule has 1 aromatic heterocycles. The summed E-state index contributed by atoms with van der Waals surface area (Å²) in [6.45, 7) is 1.94. The Bertz CT molecular complexity index is 273. The lowest BCUT2D eigenvalue weighted by Gasteiger charge is -2.18. The smallest absolute Gasteiger partial charge is 0.320 e. The van der Waals surface area contributed by atoms with Crippen LogP contribution < -0.4 is 0 Å². The third kappa shape index (κ3) is 2.51. The fourth-order valence-electron chi connectivity index (χ4n) is 0.804. The second-order valence-electron chi connectivity index (χ2n) is 2.76. The van der Waals surface area contributed by atoms with Gasteiger partial charge in [-0.15, -0.1) is 0 Å². The van der Waals surface area contributed by atoms with Crippen LogP contribution in [0.15, 0.2) is 10.9 Å². The molecular formula is C7H11N3O3. The number of nitrogens with zero attached hydrogens (tertiary/aromatic N) is 3. The first-order valence-corrected chi connectivity index (χ1v) is 3.80. The van der Waals surface area contributed by atoms with Gasteiger partial charge in [0.25, 0.3) is 0 Å². The number of aromatic nitrogens is 2. The van der Waals surface area contributed by atoms with Crippen LogP contribution >= 0.6 is 0 Å². The van der Waals surface area contributed by atoms with Crippen LogP contribution in [0.1, 0.15) is 12.8 Å². The Hall–Kier alpha value is -1.43. The average molecular weight is 185 g/mol. The van der Waals surface area contributed by atoms with Gasteiger partial charge in [-0.05, 0) is 14.0 Å². The lowest BCUT2D eigenvalue weighted by Crippen LogP contribution is -2.35. The van der Waals surface area contributed by atoms with Crippen LogP contribution in [-0.2, 0) is 11.3 Å². The van der Waals surface area contributed by atoms with E-state index in [1.807, 2.05) is 0 Å². The Balaban J connectivity index is 2.50. The maximum atomic E-state index is 10.6. The molecule has 1 aromatic rings. The van der Waals surface area contributed by atoms with Crippen molar-refractivity contribution in [3.8, 4) is 0 Å². The lowest BCUT2D eigenvalue weighted by atomic mass is 10.3. The van der Waals surface area contributed by atoms with Crippen LogP contribution in [0.2, 0.25) is 0 Å². The van der Waals surface area contributed by atoms with E-state index in [4.69, 9.17) is 9.63 Å². The van der Waals surface area contributed by atoms with Crippen LogP contribution in [0.5, 0.6) is 0 Å². The predicted molar refractivity (Wildman–Crippen MR) is 42.9 cm³/mol. The van der Waals surface area contributed by atoms with Gasteiger partial charge in [-0.2, -0.15) is 4.98 Å². The number of carboxylic acid groups (broad SMARTS) is 1. The van der Waals surface area contributed by atoms with Gasteiger partial charge in [0, 0.05) is 0 Å². The molecule has 1 N–H and O–H groups in total. The molecule has 6 nitrogen and oxygen atoms in total. The molecule has 0 aliphatic rings. The van der Waals surface area contributed by atoms with E-state index < -0.39 is 12.0 Å². The van der Waals surface area contributed by atoms with Crippen molar-refractivity contribution in [3.05, 3.63) is 12.2 Å². The molecule has 0 amide bonds. The predicted octanol–water partition coefficient (Wildman–Crippen LogP) is -0.0255. The van der Waals surface area contributed by atoms with Crippen molar-refractivity contribution in [3.63, 3.8) is 0 Å². The highest BCUT2D eigenvalue weighted by Crippen LogP contribution is 2.02. The molecule has 72 valence electrons. The first-order valence-electron chi connectivity index (χ1n) is 3.80. The van der Waals surface area contributed by atoms with E-state index in [-0.39, 0.29) is 0 Å². The minimum Gasteiger partial charge on any atom is -0.480 e. The number of carboxylic acids is 1. The maximum Gasteiger partial charge on any atom is 0.320 e. The first-order chi connectivity index (χ1) is 6.11. The van der Waals surface area contributed by atoms with Gasteiger partial charge in [-0.3, -0.25) is 9.69 Å². The Morgan fingerprint density at radius 1 is 1.85 bits per heavy atom. The van der Waals surface area contributed by atoms with Gasteiger partial charge in [-0.1, -0.05) is 5.16 Å². The third-order valence-corrected chi connectivity index (χ3v) is 1.81. The zero-order chi connectivity index (χ0) is 9.84. The van der Waals surface area contributed by atoms with Crippen molar-refractivity contribution in [1.29, 1.82) is 0 Å². The molecule has 6 heteroatoms. The van der Waals surface area contributed by atoms with Crippen LogP contribution in [0.25, 0.3) is 0 Å².